The zero-order valence-electron chi connectivity index (χ0n) is 14.7. The fourth-order valence-corrected chi connectivity index (χ4v) is 2.40. The van der Waals surface area contributed by atoms with Gasteiger partial charge in [-0.2, -0.15) is 0 Å². The first-order valence-corrected chi connectivity index (χ1v) is 7.97. The van der Waals surface area contributed by atoms with Crippen LogP contribution in [-0.2, 0) is 4.79 Å². The van der Waals surface area contributed by atoms with Gasteiger partial charge in [0.15, 0.2) is 0 Å². The number of carbonyl (C=O) groups is 1. The quantitative estimate of drug-likeness (QED) is 0.450. The summed E-state index contributed by atoms with van der Waals surface area (Å²) in [4.78, 5) is 11.4. The Morgan fingerprint density at radius 3 is 1.60 bits per heavy atom. The van der Waals surface area contributed by atoms with E-state index in [1.807, 2.05) is 27.7 Å². The van der Waals surface area contributed by atoms with Crippen molar-refractivity contribution in [2.45, 2.75) is 92.4 Å². The van der Waals surface area contributed by atoms with Crippen LogP contribution in [0.4, 0.5) is 0 Å². The van der Waals surface area contributed by atoms with Crippen LogP contribution in [0.2, 0.25) is 0 Å². The molecular weight excluding hydrogens is 259 g/mol. The Kier molecular flexibility index (Phi) is 12.6. The number of hydrogen-bond acceptors (Lipinski definition) is 2. The van der Waals surface area contributed by atoms with Crippen molar-refractivity contribution >= 4 is 5.97 Å². The van der Waals surface area contributed by atoms with Crippen LogP contribution in [0.3, 0.4) is 0 Å². The molecular formula is C17H33NaO2. The van der Waals surface area contributed by atoms with E-state index < -0.39 is 11.4 Å². The summed E-state index contributed by atoms with van der Waals surface area (Å²) in [6.45, 7) is 10.0. The summed E-state index contributed by atoms with van der Waals surface area (Å²) in [6, 6.07) is 0. The van der Waals surface area contributed by atoms with Crippen molar-refractivity contribution in [1.29, 1.82) is 0 Å². The second kappa shape index (κ2) is 11.1. The summed E-state index contributed by atoms with van der Waals surface area (Å²) in [7, 11) is 0. The topological polar surface area (TPSA) is 40.1 Å². The van der Waals surface area contributed by atoms with Crippen LogP contribution >= 0.6 is 0 Å². The molecule has 0 aliphatic carbocycles. The molecule has 0 aliphatic rings. The van der Waals surface area contributed by atoms with Crippen LogP contribution in [0.15, 0.2) is 0 Å². The van der Waals surface area contributed by atoms with Crippen molar-refractivity contribution in [2.24, 2.45) is 10.8 Å². The summed E-state index contributed by atoms with van der Waals surface area (Å²) in [5, 5.41) is 11.4. The van der Waals surface area contributed by atoms with Crippen molar-refractivity contribution in [3.8, 4) is 0 Å². The molecule has 2 nitrogen and oxygen atoms in total. The number of carbonyl (C=O) groups excluding carboxylic acids is 1. The number of aliphatic carboxylic acids is 1. The first-order chi connectivity index (χ1) is 8.75. The van der Waals surface area contributed by atoms with Gasteiger partial charge in [0.2, 0.25) is 0 Å². The molecule has 0 fully saturated rings. The normalized spacial score (nSPS) is 14.4. The Hall–Kier alpha value is 0.470. The van der Waals surface area contributed by atoms with E-state index in [0.29, 0.717) is 0 Å². The Morgan fingerprint density at radius 1 is 0.850 bits per heavy atom. The summed E-state index contributed by atoms with van der Waals surface area (Å²) in [5.41, 5.74) is -0.956. The zero-order chi connectivity index (χ0) is 14.9. The van der Waals surface area contributed by atoms with Crippen molar-refractivity contribution in [1.82, 2.24) is 0 Å². The molecule has 0 amide bonds. The van der Waals surface area contributed by atoms with E-state index in [1.54, 1.807) is 0 Å². The van der Waals surface area contributed by atoms with E-state index in [4.69, 9.17) is 0 Å². The minimum absolute atomic E-state index is 0. The molecule has 0 saturated carbocycles. The largest absolute Gasteiger partial charge is 1.00 e. The average Bonchev–Trinajstić information content (AvgIpc) is 2.30. The van der Waals surface area contributed by atoms with Crippen LogP contribution in [0, 0.1) is 10.8 Å². The molecule has 0 saturated heterocycles. The zero-order valence-corrected chi connectivity index (χ0v) is 16.7. The second-order valence-corrected chi connectivity index (χ2v) is 7.09. The van der Waals surface area contributed by atoms with Gasteiger partial charge in [-0.1, -0.05) is 86.0 Å². The van der Waals surface area contributed by atoms with Crippen LogP contribution < -0.4 is 34.7 Å². The van der Waals surface area contributed by atoms with Gasteiger partial charge in [0, 0.05) is 11.4 Å². The first kappa shape index (κ1) is 22.7. The molecule has 0 N–H and O–H groups in total. The molecule has 0 aliphatic heterocycles. The van der Waals surface area contributed by atoms with Gasteiger partial charge in [-0.05, 0) is 11.8 Å². The van der Waals surface area contributed by atoms with E-state index >= 15 is 0 Å². The molecule has 0 heterocycles. The van der Waals surface area contributed by atoms with Crippen LogP contribution in [0.25, 0.3) is 0 Å². The van der Waals surface area contributed by atoms with Gasteiger partial charge in [-0.3, -0.25) is 0 Å². The predicted octanol–water partition coefficient (Wildman–Crippen LogP) is 1.32. The summed E-state index contributed by atoms with van der Waals surface area (Å²) >= 11 is 0. The van der Waals surface area contributed by atoms with Gasteiger partial charge in [0.25, 0.3) is 0 Å². The summed E-state index contributed by atoms with van der Waals surface area (Å²) in [6.07, 6.45) is 10.7. The maximum absolute atomic E-state index is 11.4. The Labute approximate surface area is 148 Å². The van der Waals surface area contributed by atoms with Crippen molar-refractivity contribution in [3.05, 3.63) is 0 Å². The number of carboxylic acids is 1. The predicted molar refractivity (Wildman–Crippen MR) is 79.8 cm³/mol. The smallest absolute Gasteiger partial charge is 0.550 e. The second-order valence-electron chi connectivity index (χ2n) is 7.09. The Morgan fingerprint density at radius 2 is 1.25 bits per heavy atom. The fraction of sp³-hybridized carbons (Fsp3) is 0.941. The number of hydrogen-bond donors (Lipinski definition) is 0. The van der Waals surface area contributed by atoms with Gasteiger partial charge < -0.3 is 9.90 Å². The van der Waals surface area contributed by atoms with Crippen LogP contribution in [0.1, 0.15) is 92.4 Å². The minimum Gasteiger partial charge on any atom is -0.550 e. The summed E-state index contributed by atoms with van der Waals surface area (Å²) in [5.74, 6) is -0.900. The minimum atomic E-state index is -0.900. The molecule has 0 aromatic carbocycles. The van der Waals surface area contributed by atoms with Crippen molar-refractivity contribution in [3.63, 3.8) is 0 Å². The Balaban J connectivity index is 0. The molecule has 114 valence electrons. The Bertz CT molecular complexity index is 258. The number of carboxylic acid groups (broad SMARTS) is 1. The molecule has 1 atom stereocenters. The molecule has 3 heteroatoms. The van der Waals surface area contributed by atoms with E-state index in [9.17, 15) is 9.90 Å². The SMILES string of the molecule is CCCCCCCCCCC(C)(C(=O)[O-])C(C)(C)C.[Na+]. The van der Waals surface area contributed by atoms with E-state index in [1.165, 1.54) is 38.5 Å². The molecule has 0 spiro atoms. The van der Waals surface area contributed by atoms with Gasteiger partial charge in [0.1, 0.15) is 0 Å². The maximum Gasteiger partial charge on any atom is 1.00 e. The standard InChI is InChI=1S/C17H34O2.Na/c1-6-7-8-9-10-11-12-13-14-17(5,15(18)19)16(2,3)4;/h6-14H2,1-5H3,(H,18,19);/q;+1/p-1. The van der Waals surface area contributed by atoms with Gasteiger partial charge >= 0.3 is 29.6 Å². The van der Waals surface area contributed by atoms with Crippen molar-refractivity contribution in [2.75, 3.05) is 0 Å². The molecule has 0 rings (SSSR count). The van der Waals surface area contributed by atoms with Crippen LogP contribution in [-0.4, -0.2) is 5.97 Å². The monoisotopic (exact) mass is 292 g/mol. The third kappa shape index (κ3) is 8.05. The third-order valence-corrected chi connectivity index (χ3v) is 4.64. The summed E-state index contributed by atoms with van der Waals surface area (Å²) < 4.78 is 0. The third-order valence-electron chi connectivity index (χ3n) is 4.64. The van der Waals surface area contributed by atoms with Gasteiger partial charge in [-0.25, -0.2) is 0 Å². The molecule has 0 aromatic heterocycles. The van der Waals surface area contributed by atoms with E-state index in [-0.39, 0.29) is 35.0 Å². The van der Waals surface area contributed by atoms with Crippen LogP contribution in [0.5, 0.6) is 0 Å². The van der Waals surface area contributed by atoms with Gasteiger partial charge in [-0.15, -0.1) is 0 Å². The molecule has 1 unspecified atom stereocenters. The molecule has 0 radical (unpaired) electrons. The van der Waals surface area contributed by atoms with E-state index in [0.717, 1.165) is 19.3 Å². The molecule has 0 aromatic rings. The maximum atomic E-state index is 11.4. The number of rotatable bonds is 10. The van der Waals surface area contributed by atoms with Crippen molar-refractivity contribution < 1.29 is 39.5 Å². The first-order valence-electron chi connectivity index (χ1n) is 7.97. The van der Waals surface area contributed by atoms with Gasteiger partial charge in [0.05, 0.1) is 0 Å². The van der Waals surface area contributed by atoms with E-state index in [2.05, 4.69) is 6.92 Å². The molecule has 20 heavy (non-hydrogen) atoms. The number of unbranched alkanes of at least 4 members (excludes halogenated alkanes) is 7. The molecule has 0 bridgehead atoms. The average molecular weight is 292 g/mol. The fourth-order valence-electron chi connectivity index (χ4n) is 2.40.